The predicted molar refractivity (Wildman–Crippen MR) is 70.8 cm³/mol. The Hall–Kier alpha value is -0.160. The fourth-order valence-corrected chi connectivity index (χ4v) is 2.77. The highest BCUT2D eigenvalue weighted by Crippen LogP contribution is 2.24. The zero-order chi connectivity index (χ0) is 13.0. The Morgan fingerprint density at radius 3 is 2.83 bits per heavy atom. The monoisotopic (exact) mass is 257 g/mol. The number of hydrogen-bond acceptors (Lipinski definition) is 4. The molecule has 0 spiro atoms. The molecule has 0 aliphatic carbocycles. The third kappa shape index (κ3) is 3.44. The SMILES string of the molecule is COC1(CNC2CCOC(C(C)C)C2)CCOC1. The summed E-state index contributed by atoms with van der Waals surface area (Å²) in [6.45, 7) is 7.75. The zero-order valence-corrected chi connectivity index (χ0v) is 11.9. The van der Waals surface area contributed by atoms with Crippen LogP contribution in [0.3, 0.4) is 0 Å². The maximum Gasteiger partial charge on any atom is 0.106 e. The first-order valence-electron chi connectivity index (χ1n) is 7.13. The van der Waals surface area contributed by atoms with E-state index in [1.165, 1.54) is 0 Å². The fourth-order valence-electron chi connectivity index (χ4n) is 2.77. The Kier molecular flexibility index (Phi) is 5.01. The van der Waals surface area contributed by atoms with E-state index in [1.54, 1.807) is 7.11 Å². The summed E-state index contributed by atoms with van der Waals surface area (Å²) < 4.78 is 16.9. The molecule has 0 amide bonds. The van der Waals surface area contributed by atoms with E-state index in [2.05, 4.69) is 19.2 Å². The van der Waals surface area contributed by atoms with Crippen LogP contribution in [0.2, 0.25) is 0 Å². The average molecular weight is 257 g/mol. The first kappa shape index (κ1) is 14.3. The topological polar surface area (TPSA) is 39.7 Å². The summed E-state index contributed by atoms with van der Waals surface area (Å²) in [5.41, 5.74) is -0.106. The van der Waals surface area contributed by atoms with E-state index < -0.39 is 0 Å². The standard InChI is InChI=1S/C14H27NO3/c1-11(2)13-8-12(4-6-18-13)15-9-14(16-3)5-7-17-10-14/h11-13,15H,4-10H2,1-3H3. The molecular weight excluding hydrogens is 230 g/mol. The molecule has 0 aromatic carbocycles. The molecule has 2 aliphatic heterocycles. The third-order valence-electron chi connectivity index (χ3n) is 4.27. The van der Waals surface area contributed by atoms with Crippen molar-refractivity contribution < 1.29 is 14.2 Å². The lowest BCUT2D eigenvalue weighted by atomic mass is 9.94. The molecule has 18 heavy (non-hydrogen) atoms. The summed E-state index contributed by atoms with van der Waals surface area (Å²) in [4.78, 5) is 0. The van der Waals surface area contributed by atoms with Crippen LogP contribution in [0.1, 0.15) is 33.1 Å². The van der Waals surface area contributed by atoms with Crippen molar-refractivity contribution >= 4 is 0 Å². The van der Waals surface area contributed by atoms with Gasteiger partial charge in [-0.15, -0.1) is 0 Å². The van der Waals surface area contributed by atoms with Crippen LogP contribution in [0.25, 0.3) is 0 Å². The van der Waals surface area contributed by atoms with Gasteiger partial charge >= 0.3 is 0 Å². The van der Waals surface area contributed by atoms with Gasteiger partial charge in [0.15, 0.2) is 0 Å². The lowest BCUT2D eigenvalue weighted by Gasteiger charge is -2.35. The minimum atomic E-state index is -0.106. The molecule has 2 rings (SSSR count). The van der Waals surface area contributed by atoms with Gasteiger partial charge in [-0.05, 0) is 18.8 Å². The van der Waals surface area contributed by atoms with E-state index >= 15 is 0 Å². The van der Waals surface area contributed by atoms with Gasteiger partial charge in [-0.25, -0.2) is 0 Å². The summed E-state index contributed by atoms with van der Waals surface area (Å²) in [5.74, 6) is 0.598. The molecule has 3 unspecified atom stereocenters. The van der Waals surface area contributed by atoms with E-state index in [-0.39, 0.29) is 5.60 Å². The average Bonchev–Trinajstić information content (AvgIpc) is 2.86. The second kappa shape index (κ2) is 6.33. The first-order valence-corrected chi connectivity index (χ1v) is 7.13. The van der Waals surface area contributed by atoms with Gasteiger partial charge in [-0.3, -0.25) is 0 Å². The second-order valence-corrected chi connectivity index (χ2v) is 5.95. The van der Waals surface area contributed by atoms with Crippen molar-refractivity contribution in [3.05, 3.63) is 0 Å². The summed E-state index contributed by atoms with van der Waals surface area (Å²) in [5, 5.41) is 3.66. The van der Waals surface area contributed by atoms with E-state index in [4.69, 9.17) is 14.2 Å². The molecule has 4 heteroatoms. The maximum atomic E-state index is 5.80. The molecule has 4 nitrogen and oxygen atoms in total. The summed E-state index contributed by atoms with van der Waals surface area (Å²) >= 11 is 0. The van der Waals surface area contributed by atoms with E-state index in [1.807, 2.05) is 0 Å². The minimum absolute atomic E-state index is 0.106. The molecule has 1 N–H and O–H groups in total. The number of ether oxygens (including phenoxy) is 3. The highest BCUT2D eigenvalue weighted by molar-refractivity contribution is 4.89. The third-order valence-corrected chi connectivity index (χ3v) is 4.27. The largest absolute Gasteiger partial charge is 0.378 e. The van der Waals surface area contributed by atoms with Crippen molar-refractivity contribution in [3.63, 3.8) is 0 Å². The minimum Gasteiger partial charge on any atom is -0.378 e. The molecule has 0 saturated carbocycles. The van der Waals surface area contributed by atoms with E-state index in [9.17, 15) is 0 Å². The van der Waals surface area contributed by atoms with Crippen LogP contribution in [-0.4, -0.2) is 51.2 Å². The van der Waals surface area contributed by atoms with Crippen molar-refractivity contribution in [2.24, 2.45) is 5.92 Å². The van der Waals surface area contributed by atoms with Gasteiger partial charge in [0.1, 0.15) is 5.60 Å². The van der Waals surface area contributed by atoms with Crippen molar-refractivity contribution in [3.8, 4) is 0 Å². The number of hydrogen-bond donors (Lipinski definition) is 1. The molecule has 0 bridgehead atoms. The molecule has 0 aromatic heterocycles. The Bertz CT molecular complexity index is 251. The van der Waals surface area contributed by atoms with Crippen molar-refractivity contribution in [2.45, 2.75) is 50.9 Å². The lowest BCUT2D eigenvalue weighted by molar-refractivity contribution is -0.0399. The van der Waals surface area contributed by atoms with Gasteiger partial charge in [-0.1, -0.05) is 13.8 Å². The Labute approximate surface area is 110 Å². The quantitative estimate of drug-likeness (QED) is 0.812. The van der Waals surface area contributed by atoms with Gasteiger partial charge in [0.05, 0.1) is 12.7 Å². The van der Waals surface area contributed by atoms with Crippen molar-refractivity contribution in [1.82, 2.24) is 5.32 Å². The van der Waals surface area contributed by atoms with Crippen LogP contribution in [0.4, 0.5) is 0 Å². The van der Waals surface area contributed by atoms with Gasteiger partial charge in [-0.2, -0.15) is 0 Å². The molecule has 106 valence electrons. The highest BCUT2D eigenvalue weighted by atomic mass is 16.5. The smallest absolute Gasteiger partial charge is 0.106 e. The molecule has 3 atom stereocenters. The predicted octanol–water partition coefficient (Wildman–Crippen LogP) is 1.59. The second-order valence-electron chi connectivity index (χ2n) is 5.95. The molecule has 2 fully saturated rings. The van der Waals surface area contributed by atoms with E-state index in [0.29, 0.717) is 24.7 Å². The first-order chi connectivity index (χ1) is 8.65. The summed E-state index contributed by atoms with van der Waals surface area (Å²) in [6, 6.07) is 0.554. The lowest BCUT2D eigenvalue weighted by Crippen LogP contribution is -2.49. The summed E-state index contributed by atoms with van der Waals surface area (Å²) in [7, 11) is 1.79. The van der Waals surface area contributed by atoms with Crippen molar-refractivity contribution in [1.29, 1.82) is 0 Å². The van der Waals surface area contributed by atoms with Crippen molar-refractivity contribution in [2.75, 3.05) is 33.5 Å². The van der Waals surface area contributed by atoms with Gasteiger partial charge < -0.3 is 19.5 Å². The number of rotatable bonds is 5. The number of methoxy groups -OCH3 is 1. The van der Waals surface area contributed by atoms with Crippen LogP contribution in [-0.2, 0) is 14.2 Å². The summed E-state index contributed by atoms with van der Waals surface area (Å²) in [6.07, 6.45) is 3.60. The highest BCUT2D eigenvalue weighted by Gasteiger charge is 2.36. The van der Waals surface area contributed by atoms with Crippen LogP contribution >= 0.6 is 0 Å². The zero-order valence-electron chi connectivity index (χ0n) is 11.9. The molecule has 2 saturated heterocycles. The van der Waals surface area contributed by atoms with Gasteiger partial charge in [0.2, 0.25) is 0 Å². The van der Waals surface area contributed by atoms with E-state index in [0.717, 1.165) is 39.0 Å². The van der Waals surface area contributed by atoms with Crippen LogP contribution < -0.4 is 5.32 Å². The molecule has 2 heterocycles. The molecule has 0 aromatic rings. The van der Waals surface area contributed by atoms with Gasteiger partial charge in [0.25, 0.3) is 0 Å². The van der Waals surface area contributed by atoms with Crippen LogP contribution in [0.15, 0.2) is 0 Å². The van der Waals surface area contributed by atoms with Crippen LogP contribution in [0, 0.1) is 5.92 Å². The Morgan fingerprint density at radius 2 is 2.22 bits per heavy atom. The normalized spacial score (nSPS) is 37.3. The fraction of sp³-hybridized carbons (Fsp3) is 1.00. The molecular formula is C14H27NO3. The molecule has 2 aliphatic rings. The van der Waals surface area contributed by atoms with Crippen LogP contribution in [0.5, 0.6) is 0 Å². The number of nitrogens with one attached hydrogen (secondary N) is 1. The Morgan fingerprint density at radius 1 is 1.39 bits per heavy atom. The molecule has 0 radical (unpaired) electrons. The Balaban J connectivity index is 1.78. The maximum absolute atomic E-state index is 5.80. The van der Waals surface area contributed by atoms with Gasteiger partial charge in [0, 0.05) is 39.3 Å².